The number of hydrogen-bond donors (Lipinski definition) is 2. The van der Waals surface area contributed by atoms with Gasteiger partial charge in [-0.1, -0.05) is 0 Å². The third kappa shape index (κ3) is 3.36. The molecule has 0 bridgehead atoms. The van der Waals surface area contributed by atoms with Gasteiger partial charge in [0.25, 0.3) is 0 Å². The zero-order chi connectivity index (χ0) is 17.1. The highest BCUT2D eigenvalue weighted by Gasteiger charge is 2.13. The molecule has 0 aliphatic carbocycles. The average molecular weight is 341 g/mol. The highest BCUT2D eigenvalue weighted by Crippen LogP contribution is 2.29. The molecule has 3 aromatic rings. The largest absolute Gasteiger partial charge is 0.508 e. The van der Waals surface area contributed by atoms with Gasteiger partial charge < -0.3 is 9.52 Å². The summed E-state index contributed by atoms with van der Waals surface area (Å²) >= 11 is 1.48. The number of nitrogens with one attached hydrogen (secondary N) is 1. The Labute approximate surface area is 142 Å². The van der Waals surface area contributed by atoms with Crippen LogP contribution in [0, 0.1) is 6.92 Å². The molecule has 0 radical (unpaired) electrons. The number of thiazole rings is 1. The van der Waals surface area contributed by atoms with E-state index in [1.54, 1.807) is 24.3 Å². The lowest BCUT2D eigenvalue weighted by atomic mass is 10.2. The molecule has 0 atom stereocenters. The number of benzene rings is 1. The summed E-state index contributed by atoms with van der Waals surface area (Å²) in [6, 6.07) is 10.1. The van der Waals surface area contributed by atoms with Crippen LogP contribution in [0.5, 0.6) is 5.75 Å². The summed E-state index contributed by atoms with van der Waals surface area (Å²) in [6.45, 7) is 3.70. The number of phenolic OH excluding ortho intramolecular Hbond substituents is 1. The van der Waals surface area contributed by atoms with E-state index in [1.807, 2.05) is 26.0 Å². The van der Waals surface area contributed by atoms with Gasteiger partial charge in [-0.3, -0.25) is 4.79 Å². The smallest absolute Gasteiger partial charge is 0.307 e. The van der Waals surface area contributed by atoms with Crippen LogP contribution in [0.4, 0.5) is 0 Å². The molecule has 2 N–H and O–H groups in total. The van der Waals surface area contributed by atoms with E-state index in [9.17, 15) is 9.90 Å². The summed E-state index contributed by atoms with van der Waals surface area (Å²) in [5.74, 6) is 0.0169. The van der Waals surface area contributed by atoms with Crippen LogP contribution in [-0.4, -0.2) is 21.7 Å². The third-order valence-corrected chi connectivity index (χ3v) is 4.62. The van der Waals surface area contributed by atoms with E-state index in [0.29, 0.717) is 5.71 Å². The maximum absolute atomic E-state index is 11.8. The molecule has 2 heterocycles. The van der Waals surface area contributed by atoms with Gasteiger partial charge >= 0.3 is 5.91 Å². The number of furan rings is 1. The maximum Gasteiger partial charge on any atom is 0.307 e. The molecule has 1 amide bonds. The van der Waals surface area contributed by atoms with Gasteiger partial charge in [-0.2, -0.15) is 5.10 Å². The minimum absolute atomic E-state index is 0.206. The SMILES string of the molecule is C/C(=N\NC(=O)c1ccco1)c1sc(-c2ccc(O)cc2)nc1C. The Balaban J connectivity index is 1.80. The minimum Gasteiger partial charge on any atom is -0.508 e. The number of aryl methyl sites for hydroxylation is 1. The first-order valence-corrected chi connectivity index (χ1v) is 8.01. The highest BCUT2D eigenvalue weighted by molar-refractivity contribution is 7.17. The van der Waals surface area contributed by atoms with Crippen molar-refractivity contribution in [3.05, 3.63) is 59.0 Å². The summed E-state index contributed by atoms with van der Waals surface area (Å²) in [6.07, 6.45) is 1.43. The average Bonchev–Trinajstić information content (AvgIpc) is 3.23. The molecule has 2 aromatic heterocycles. The second-order valence-electron chi connectivity index (χ2n) is 5.10. The molecule has 3 rings (SSSR count). The summed E-state index contributed by atoms with van der Waals surface area (Å²) in [5.41, 5.74) is 4.88. The lowest BCUT2D eigenvalue weighted by molar-refractivity contribution is 0.0927. The van der Waals surface area contributed by atoms with Crippen molar-refractivity contribution >= 4 is 23.0 Å². The van der Waals surface area contributed by atoms with Crippen molar-refractivity contribution in [1.82, 2.24) is 10.4 Å². The molecule has 0 unspecified atom stereocenters. The zero-order valence-electron chi connectivity index (χ0n) is 13.1. The van der Waals surface area contributed by atoms with E-state index < -0.39 is 5.91 Å². The standard InChI is InChI=1S/C17H15N3O3S/c1-10-15(11(2)19-20-16(22)14-4-3-9-23-14)24-17(18-10)12-5-7-13(21)8-6-12/h3-9,21H,1-2H3,(H,20,22)/b19-11+. The Morgan fingerprint density at radius 3 is 2.71 bits per heavy atom. The second-order valence-corrected chi connectivity index (χ2v) is 6.09. The fraction of sp³-hybridized carbons (Fsp3) is 0.118. The summed E-state index contributed by atoms with van der Waals surface area (Å²) in [7, 11) is 0. The minimum atomic E-state index is -0.403. The predicted octanol–water partition coefficient (Wildman–Crippen LogP) is 3.57. The number of aromatic hydroxyl groups is 1. The number of hydrogen-bond acceptors (Lipinski definition) is 6. The molecule has 0 saturated heterocycles. The van der Waals surface area contributed by atoms with Crippen LogP contribution in [0.2, 0.25) is 0 Å². The molecule has 24 heavy (non-hydrogen) atoms. The third-order valence-electron chi connectivity index (χ3n) is 3.31. The molecule has 0 aliphatic rings. The molecule has 7 heteroatoms. The number of aromatic nitrogens is 1. The summed E-state index contributed by atoms with van der Waals surface area (Å²) < 4.78 is 5.02. The molecule has 6 nitrogen and oxygen atoms in total. The van der Waals surface area contributed by atoms with Gasteiger partial charge in [0.05, 0.1) is 22.5 Å². The number of carbonyl (C=O) groups is 1. The Hall–Kier alpha value is -2.93. The lowest BCUT2D eigenvalue weighted by Crippen LogP contribution is -2.18. The van der Waals surface area contributed by atoms with Crippen LogP contribution in [0.3, 0.4) is 0 Å². The summed E-state index contributed by atoms with van der Waals surface area (Å²) in [5, 5.41) is 14.3. The van der Waals surface area contributed by atoms with Crippen molar-refractivity contribution in [3.63, 3.8) is 0 Å². The molecular weight excluding hydrogens is 326 g/mol. The van der Waals surface area contributed by atoms with E-state index in [4.69, 9.17) is 4.42 Å². The van der Waals surface area contributed by atoms with Crippen molar-refractivity contribution in [3.8, 4) is 16.3 Å². The van der Waals surface area contributed by atoms with Crippen LogP contribution < -0.4 is 5.43 Å². The first-order chi connectivity index (χ1) is 11.5. The van der Waals surface area contributed by atoms with Gasteiger partial charge in [0, 0.05) is 5.56 Å². The number of carbonyl (C=O) groups excluding carboxylic acids is 1. The van der Waals surface area contributed by atoms with Gasteiger partial charge in [-0.05, 0) is 50.2 Å². The molecule has 0 spiro atoms. The van der Waals surface area contributed by atoms with Crippen LogP contribution in [-0.2, 0) is 0 Å². The maximum atomic E-state index is 11.8. The predicted molar refractivity (Wildman–Crippen MR) is 92.3 cm³/mol. The number of nitrogens with zero attached hydrogens (tertiary/aromatic N) is 2. The molecule has 1 aromatic carbocycles. The molecule has 122 valence electrons. The molecule has 0 aliphatic heterocycles. The summed E-state index contributed by atoms with van der Waals surface area (Å²) in [4.78, 5) is 17.3. The first-order valence-electron chi connectivity index (χ1n) is 7.20. The monoisotopic (exact) mass is 341 g/mol. The van der Waals surface area contributed by atoms with Crippen LogP contribution >= 0.6 is 11.3 Å². The topological polar surface area (TPSA) is 87.7 Å². The van der Waals surface area contributed by atoms with E-state index in [-0.39, 0.29) is 11.5 Å². The van der Waals surface area contributed by atoms with Gasteiger partial charge in [0.2, 0.25) is 0 Å². The fourth-order valence-electron chi connectivity index (χ4n) is 2.11. The van der Waals surface area contributed by atoms with Crippen LogP contribution in [0.1, 0.15) is 28.0 Å². The normalized spacial score (nSPS) is 11.5. The number of hydrazone groups is 1. The Morgan fingerprint density at radius 2 is 2.04 bits per heavy atom. The van der Waals surface area contributed by atoms with Crippen molar-refractivity contribution < 1.29 is 14.3 Å². The fourth-order valence-corrected chi connectivity index (χ4v) is 3.12. The molecular formula is C17H15N3O3S. The van der Waals surface area contributed by atoms with Crippen molar-refractivity contribution in [2.75, 3.05) is 0 Å². The number of rotatable bonds is 4. The van der Waals surface area contributed by atoms with E-state index in [2.05, 4.69) is 15.5 Å². The second kappa shape index (κ2) is 6.67. The number of amides is 1. The van der Waals surface area contributed by atoms with Gasteiger partial charge in [0.15, 0.2) is 5.76 Å². The van der Waals surface area contributed by atoms with Gasteiger partial charge in [-0.25, -0.2) is 10.4 Å². The van der Waals surface area contributed by atoms with Crippen molar-refractivity contribution in [1.29, 1.82) is 0 Å². The molecule has 0 saturated carbocycles. The van der Waals surface area contributed by atoms with Crippen LogP contribution in [0.15, 0.2) is 52.2 Å². The Bertz CT molecular complexity index is 880. The van der Waals surface area contributed by atoms with E-state index >= 15 is 0 Å². The van der Waals surface area contributed by atoms with Crippen LogP contribution in [0.25, 0.3) is 10.6 Å². The van der Waals surface area contributed by atoms with Gasteiger partial charge in [-0.15, -0.1) is 11.3 Å². The highest BCUT2D eigenvalue weighted by atomic mass is 32.1. The molecule has 0 fully saturated rings. The quantitative estimate of drug-likeness (QED) is 0.561. The zero-order valence-corrected chi connectivity index (χ0v) is 13.9. The first kappa shape index (κ1) is 15.9. The Morgan fingerprint density at radius 1 is 1.29 bits per heavy atom. The van der Waals surface area contributed by atoms with Gasteiger partial charge in [0.1, 0.15) is 10.8 Å². The van der Waals surface area contributed by atoms with E-state index in [1.165, 1.54) is 17.6 Å². The van der Waals surface area contributed by atoms with Crippen molar-refractivity contribution in [2.24, 2.45) is 5.10 Å². The van der Waals surface area contributed by atoms with Crippen molar-refractivity contribution in [2.45, 2.75) is 13.8 Å². The Kier molecular flexibility index (Phi) is 4.43. The van der Waals surface area contributed by atoms with E-state index in [0.717, 1.165) is 21.1 Å². The number of phenols is 1. The lowest BCUT2D eigenvalue weighted by Gasteiger charge is -1.99.